The molecule has 6 heteroatoms. The summed E-state index contributed by atoms with van der Waals surface area (Å²) in [6.45, 7) is 1.46. The average Bonchev–Trinajstić information content (AvgIpc) is 2.89. The molecule has 0 amide bonds. The number of hydrogen-bond acceptors (Lipinski definition) is 6. The first-order valence-electron chi connectivity index (χ1n) is 6.55. The van der Waals surface area contributed by atoms with E-state index in [9.17, 15) is 0 Å². The summed E-state index contributed by atoms with van der Waals surface area (Å²) < 4.78 is 10.9. The zero-order chi connectivity index (χ0) is 14.1. The minimum Gasteiger partial charge on any atom is -0.377 e. The standard InChI is InChI=1S/C14H18N4O2/c1-19-11-7-18(8-12(11)20-2)13-9-5-3-4-6-10(9)16-14(15)17-13/h3-6,11-12H,7-8H2,1-2H3,(H2,15,16,17). The van der Waals surface area contributed by atoms with Crippen LogP contribution in [0.15, 0.2) is 24.3 Å². The van der Waals surface area contributed by atoms with E-state index in [4.69, 9.17) is 15.2 Å². The van der Waals surface area contributed by atoms with E-state index >= 15 is 0 Å². The third-order valence-corrected chi connectivity index (χ3v) is 3.72. The number of ether oxygens (including phenoxy) is 2. The number of hydrogen-bond donors (Lipinski definition) is 1. The monoisotopic (exact) mass is 274 g/mol. The van der Waals surface area contributed by atoms with E-state index in [0.29, 0.717) is 0 Å². The fraction of sp³-hybridized carbons (Fsp3) is 0.429. The zero-order valence-electron chi connectivity index (χ0n) is 11.6. The Labute approximate surface area is 117 Å². The molecule has 0 bridgehead atoms. The smallest absolute Gasteiger partial charge is 0.222 e. The molecule has 0 aliphatic carbocycles. The molecular formula is C14H18N4O2. The average molecular weight is 274 g/mol. The molecule has 2 heterocycles. The molecule has 3 rings (SSSR count). The Balaban J connectivity index is 2.02. The van der Waals surface area contributed by atoms with E-state index in [1.54, 1.807) is 14.2 Å². The first-order chi connectivity index (χ1) is 9.72. The summed E-state index contributed by atoms with van der Waals surface area (Å²) in [5, 5.41) is 0.994. The van der Waals surface area contributed by atoms with E-state index in [1.165, 1.54) is 0 Å². The first kappa shape index (κ1) is 13.1. The minimum absolute atomic E-state index is 0.0370. The second-order valence-corrected chi connectivity index (χ2v) is 4.88. The van der Waals surface area contributed by atoms with E-state index in [0.717, 1.165) is 29.8 Å². The number of nitrogens with zero attached hydrogens (tertiary/aromatic N) is 3. The molecule has 1 saturated heterocycles. The Kier molecular flexibility index (Phi) is 3.42. The second kappa shape index (κ2) is 5.22. The van der Waals surface area contributed by atoms with E-state index in [2.05, 4.69) is 14.9 Å². The number of aromatic nitrogens is 2. The largest absolute Gasteiger partial charge is 0.377 e. The number of nitrogens with two attached hydrogens (primary N) is 1. The number of rotatable bonds is 3. The summed E-state index contributed by atoms with van der Waals surface area (Å²) >= 11 is 0. The van der Waals surface area contributed by atoms with Gasteiger partial charge >= 0.3 is 0 Å². The van der Waals surface area contributed by atoms with Crippen molar-refractivity contribution in [1.82, 2.24) is 9.97 Å². The van der Waals surface area contributed by atoms with E-state index in [1.807, 2.05) is 24.3 Å². The quantitative estimate of drug-likeness (QED) is 0.902. The van der Waals surface area contributed by atoms with Crippen LogP contribution in [0.2, 0.25) is 0 Å². The Hall–Kier alpha value is -1.92. The Bertz CT molecular complexity index is 607. The van der Waals surface area contributed by atoms with Crippen LogP contribution in [0.3, 0.4) is 0 Å². The SMILES string of the molecule is COC1CN(c2nc(N)nc3ccccc23)CC1OC. The van der Waals surface area contributed by atoms with Crippen molar-refractivity contribution in [1.29, 1.82) is 0 Å². The van der Waals surface area contributed by atoms with Crippen molar-refractivity contribution in [3.05, 3.63) is 24.3 Å². The van der Waals surface area contributed by atoms with Crippen LogP contribution in [0.1, 0.15) is 0 Å². The predicted octanol–water partition coefficient (Wildman–Crippen LogP) is 1.06. The van der Waals surface area contributed by atoms with Crippen LogP contribution in [0.5, 0.6) is 0 Å². The fourth-order valence-corrected chi connectivity index (χ4v) is 2.69. The summed E-state index contributed by atoms with van der Waals surface area (Å²) in [6, 6.07) is 7.86. The first-order valence-corrected chi connectivity index (χ1v) is 6.55. The van der Waals surface area contributed by atoms with Gasteiger partial charge in [-0.3, -0.25) is 0 Å². The molecule has 0 saturated carbocycles. The van der Waals surface area contributed by atoms with Gasteiger partial charge in [0.15, 0.2) is 0 Å². The molecule has 1 aromatic carbocycles. The van der Waals surface area contributed by atoms with Crippen LogP contribution in [-0.2, 0) is 9.47 Å². The predicted molar refractivity (Wildman–Crippen MR) is 77.8 cm³/mol. The molecule has 20 heavy (non-hydrogen) atoms. The molecule has 0 radical (unpaired) electrons. The zero-order valence-corrected chi connectivity index (χ0v) is 11.6. The van der Waals surface area contributed by atoms with Crippen LogP contribution < -0.4 is 10.6 Å². The molecule has 0 spiro atoms. The Morgan fingerprint density at radius 3 is 2.40 bits per heavy atom. The molecule has 6 nitrogen and oxygen atoms in total. The molecule has 1 aliphatic rings. The number of benzene rings is 1. The van der Waals surface area contributed by atoms with Gasteiger partial charge in [0.05, 0.1) is 5.52 Å². The van der Waals surface area contributed by atoms with Gasteiger partial charge in [-0.05, 0) is 12.1 Å². The lowest BCUT2D eigenvalue weighted by Gasteiger charge is -2.19. The fourth-order valence-electron chi connectivity index (χ4n) is 2.69. The summed E-state index contributed by atoms with van der Waals surface area (Å²) in [6.07, 6.45) is 0.0740. The maximum atomic E-state index is 5.82. The lowest BCUT2D eigenvalue weighted by atomic mass is 10.2. The Morgan fingerprint density at radius 1 is 1.10 bits per heavy atom. The van der Waals surface area contributed by atoms with Crippen molar-refractivity contribution in [2.75, 3.05) is 37.9 Å². The summed E-state index contributed by atoms with van der Waals surface area (Å²) in [5.41, 5.74) is 6.67. The van der Waals surface area contributed by atoms with Crippen LogP contribution >= 0.6 is 0 Å². The number of nitrogen functional groups attached to an aromatic ring is 1. The van der Waals surface area contributed by atoms with E-state index < -0.39 is 0 Å². The molecule has 2 atom stereocenters. The molecular weight excluding hydrogens is 256 g/mol. The van der Waals surface area contributed by atoms with Crippen molar-refractivity contribution in [3.8, 4) is 0 Å². The van der Waals surface area contributed by atoms with Gasteiger partial charge in [-0.15, -0.1) is 0 Å². The maximum Gasteiger partial charge on any atom is 0.222 e. The van der Waals surface area contributed by atoms with Crippen molar-refractivity contribution >= 4 is 22.7 Å². The van der Waals surface area contributed by atoms with Gasteiger partial charge < -0.3 is 20.1 Å². The van der Waals surface area contributed by atoms with Gasteiger partial charge in [0.1, 0.15) is 18.0 Å². The lowest BCUT2D eigenvalue weighted by molar-refractivity contribution is -0.00461. The summed E-state index contributed by atoms with van der Waals surface area (Å²) in [4.78, 5) is 10.8. The highest BCUT2D eigenvalue weighted by Gasteiger charge is 2.34. The Morgan fingerprint density at radius 2 is 1.75 bits per heavy atom. The van der Waals surface area contributed by atoms with Crippen LogP contribution in [-0.4, -0.2) is 49.5 Å². The van der Waals surface area contributed by atoms with Gasteiger partial charge in [0.2, 0.25) is 5.95 Å². The van der Waals surface area contributed by atoms with Crippen LogP contribution in [0.4, 0.5) is 11.8 Å². The van der Waals surface area contributed by atoms with Gasteiger partial charge in [0, 0.05) is 32.7 Å². The molecule has 1 aromatic heterocycles. The normalized spacial score (nSPS) is 22.6. The maximum absolute atomic E-state index is 5.82. The van der Waals surface area contributed by atoms with Crippen LogP contribution in [0.25, 0.3) is 10.9 Å². The number of methoxy groups -OCH3 is 2. The van der Waals surface area contributed by atoms with Crippen LogP contribution in [0, 0.1) is 0 Å². The van der Waals surface area contributed by atoms with Crippen molar-refractivity contribution in [2.45, 2.75) is 12.2 Å². The number of anilines is 2. The number of fused-ring (bicyclic) bond motifs is 1. The summed E-state index contributed by atoms with van der Waals surface area (Å²) in [5.74, 6) is 1.13. The molecule has 1 aliphatic heterocycles. The van der Waals surface area contributed by atoms with E-state index in [-0.39, 0.29) is 18.2 Å². The highest BCUT2D eigenvalue weighted by Crippen LogP contribution is 2.28. The molecule has 2 N–H and O–H groups in total. The molecule has 1 fully saturated rings. The highest BCUT2D eigenvalue weighted by molar-refractivity contribution is 5.90. The van der Waals surface area contributed by atoms with Crippen molar-refractivity contribution in [2.24, 2.45) is 0 Å². The number of para-hydroxylation sites is 1. The summed E-state index contributed by atoms with van der Waals surface area (Å²) in [7, 11) is 3.40. The minimum atomic E-state index is 0.0370. The van der Waals surface area contributed by atoms with Gasteiger partial charge in [-0.2, -0.15) is 4.98 Å². The van der Waals surface area contributed by atoms with Crippen molar-refractivity contribution in [3.63, 3.8) is 0 Å². The van der Waals surface area contributed by atoms with Gasteiger partial charge in [0.25, 0.3) is 0 Å². The lowest BCUT2D eigenvalue weighted by Crippen LogP contribution is -2.27. The molecule has 2 unspecified atom stereocenters. The van der Waals surface area contributed by atoms with Crippen molar-refractivity contribution < 1.29 is 9.47 Å². The van der Waals surface area contributed by atoms with Gasteiger partial charge in [-0.25, -0.2) is 4.98 Å². The van der Waals surface area contributed by atoms with Gasteiger partial charge in [-0.1, -0.05) is 12.1 Å². The third-order valence-electron chi connectivity index (χ3n) is 3.72. The highest BCUT2D eigenvalue weighted by atomic mass is 16.5. The second-order valence-electron chi connectivity index (χ2n) is 4.88. The topological polar surface area (TPSA) is 73.5 Å². The molecule has 2 aromatic rings. The molecule has 106 valence electrons. The third kappa shape index (κ3) is 2.17.